The van der Waals surface area contributed by atoms with Gasteiger partial charge in [0.1, 0.15) is 5.60 Å². The summed E-state index contributed by atoms with van der Waals surface area (Å²) in [4.78, 5) is 29.4. The van der Waals surface area contributed by atoms with Gasteiger partial charge in [-0.05, 0) is 44.5 Å². The fraction of sp³-hybridized carbons (Fsp3) is 0.316. The van der Waals surface area contributed by atoms with Gasteiger partial charge in [-0.25, -0.2) is 9.78 Å². The molecule has 3 rings (SSSR count). The van der Waals surface area contributed by atoms with E-state index in [2.05, 4.69) is 4.98 Å². The van der Waals surface area contributed by atoms with Gasteiger partial charge in [0.2, 0.25) is 0 Å². The zero-order chi connectivity index (χ0) is 18.2. The van der Waals surface area contributed by atoms with E-state index in [1.807, 2.05) is 0 Å². The number of hydrogen-bond donors (Lipinski definition) is 0. The highest BCUT2D eigenvalue weighted by atomic mass is 32.2. The zero-order valence-electron chi connectivity index (χ0n) is 14.4. The molecule has 0 saturated carbocycles. The molecule has 1 unspecified atom stereocenters. The van der Waals surface area contributed by atoms with Gasteiger partial charge in [-0.1, -0.05) is 12.1 Å². The van der Waals surface area contributed by atoms with E-state index in [0.717, 1.165) is 0 Å². The number of fused-ring (bicyclic) bond motifs is 1. The van der Waals surface area contributed by atoms with Crippen molar-refractivity contribution >= 4 is 22.6 Å². The van der Waals surface area contributed by atoms with E-state index in [0.29, 0.717) is 27.3 Å². The summed E-state index contributed by atoms with van der Waals surface area (Å²) in [6.07, 6.45) is 1.80. The highest BCUT2D eigenvalue weighted by molar-refractivity contribution is 7.85. The Hall–Kier alpha value is -2.34. The molecular weight excluding hydrogens is 338 g/mol. The molecule has 6 heteroatoms. The molecule has 5 nitrogen and oxygen atoms in total. The Morgan fingerprint density at radius 2 is 1.96 bits per heavy atom. The molecule has 0 amide bonds. The Morgan fingerprint density at radius 1 is 1.20 bits per heavy atom. The van der Waals surface area contributed by atoms with Gasteiger partial charge in [-0.3, -0.25) is 9.00 Å². The number of ether oxygens (including phenoxy) is 1. The van der Waals surface area contributed by atoms with Crippen molar-refractivity contribution in [2.75, 3.05) is 5.75 Å². The molecule has 0 N–H and O–H groups in total. The van der Waals surface area contributed by atoms with Crippen LogP contribution in [0.15, 0.2) is 41.4 Å². The maximum Gasteiger partial charge on any atom is 0.358 e. The molecular formula is C19H19NO4S. The molecule has 0 fully saturated rings. The molecule has 0 aliphatic carbocycles. The maximum atomic E-state index is 12.5. The lowest BCUT2D eigenvalue weighted by Gasteiger charge is -2.20. The number of carbonyl (C=O) groups excluding carboxylic acids is 2. The van der Waals surface area contributed by atoms with Gasteiger partial charge in [0.05, 0.1) is 10.8 Å². The minimum absolute atomic E-state index is 0.0286. The fourth-order valence-electron chi connectivity index (χ4n) is 2.67. The van der Waals surface area contributed by atoms with E-state index in [4.69, 9.17) is 4.74 Å². The summed E-state index contributed by atoms with van der Waals surface area (Å²) in [5.74, 6) is -0.184. The van der Waals surface area contributed by atoms with Crippen molar-refractivity contribution in [3.8, 4) is 11.1 Å². The quantitative estimate of drug-likeness (QED) is 0.770. The number of esters is 1. The topological polar surface area (TPSA) is 73.3 Å². The third kappa shape index (κ3) is 3.69. The average molecular weight is 357 g/mol. The van der Waals surface area contributed by atoms with E-state index < -0.39 is 22.4 Å². The summed E-state index contributed by atoms with van der Waals surface area (Å²) in [5.41, 5.74) is 1.29. The van der Waals surface area contributed by atoms with Crippen LogP contribution in [0.5, 0.6) is 0 Å². The van der Waals surface area contributed by atoms with E-state index in [1.54, 1.807) is 51.1 Å². The summed E-state index contributed by atoms with van der Waals surface area (Å²) in [7, 11) is -1.16. The van der Waals surface area contributed by atoms with Crippen molar-refractivity contribution in [1.82, 2.24) is 4.98 Å². The first-order valence-corrected chi connectivity index (χ1v) is 9.32. The number of rotatable bonds is 2. The Morgan fingerprint density at radius 3 is 2.68 bits per heavy atom. The number of hydrogen-bond acceptors (Lipinski definition) is 5. The minimum Gasteiger partial charge on any atom is -0.455 e. The summed E-state index contributed by atoms with van der Waals surface area (Å²) in [6.45, 7) is 5.38. The standard InChI is InChI=1S/C19H19NO4S/c1-19(2,3)24-18(22)17-13(5-4-9-20-17)12-6-7-16-14(11-12)15(21)8-10-25(16)23/h4-7,9,11H,8,10H2,1-3H3. The lowest BCUT2D eigenvalue weighted by atomic mass is 9.99. The molecule has 2 aromatic rings. The molecule has 0 bridgehead atoms. The summed E-state index contributed by atoms with van der Waals surface area (Å²) >= 11 is 0. The molecule has 2 heterocycles. The largest absolute Gasteiger partial charge is 0.455 e. The summed E-state index contributed by atoms with van der Waals surface area (Å²) in [6, 6.07) is 8.64. The third-order valence-corrected chi connectivity index (χ3v) is 5.17. The molecule has 1 aromatic carbocycles. The zero-order valence-corrected chi connectivity index (χ0v) is 15.2. The number of carbonyl (C=O) groups is 2. The highest BCUT2D eigenvalue weighted by Crippen LogP contribution is 2.30. The van der Waals surface area contributed by atoms with Gasteiger partial charge in [0, 0.05) is 34.4 Å². The molecule has 1 atom stereocenters. The second-order valence-electron chi connectivity index (χ2n) is 6.84. The van der Waals surface area contributed by atoms with Crippen molar-refractivity contribution < 1.29 is 18.5 Å². The molecule has 1 aliphatic heterocycles. The molecule has 0 radical (unpaired) electrons. The van der Waals surface area contributed by atoms with E-state index >= 15 is 0 Å². The first-order valence-electron chi connectivity index (χ1n) is 8.00. The minimum atomic E-state index is -1.16. The molecule has 1 aromatic heterocycles. The van der Waals surface area contributed by atoms with Crippen LogP contribution in [0.4, 0.5) is 0 Å². The van der Waals surface area contributed by atoms with Crippen LogP contribution in [0, 0.1) is 0 Å². The number of pyridine rings is 1. The Bertz CT molecular complexity index is 883. The predicted octanol–water partition coefficient (Wildman–Crippen LogP) is 3.40. The van der Waals surface area contributed by atoms with Gasteiger partial charge >= 0.3 is 5.97 Å². The van der Waals surface area contributed by atoms with E-state index in [-0.39, 0.29) is 17.9 Å². The first kappa shape index (κ1) is 17.5. The SMILES string of the molecule is CC(C)(C)OC(=O)c1ncccc1-c1ccc2c(c1)C(=O)CCS2=O. The van der Waals surface area contributed by atoms with Gasteiger partial charge in [0.25, 0.3) is 0 Å². The summed E-state index contributed by atoms with van der Waals surface area (Å²) in [5, 5.41) is 0. The normalized spacial score (nSPS) is 17.1. The van der Waals surface area contributed by atoms with E-state index in [1.165, 1.54) is 6.20 Å². The van der Waals surface area contributed by atoms with Crippen LogP contribution < -0.4 is 0 Å². The Kier molecular flexibility index (Phi) is 4.56. The van der Waals surface area contributed by atoms with Crippen LogP contribution in [-0.2, 0) is 15.5 Å². The monoisotopic (exact) mass is 357 g/mol. The molecule has 25 heavy (non-hydrogen) atoms. The summed E-state index contributed by atoms with van der Waals surface area (Å²) < 4.78 is 17.5. The predicted molar refractivity (Wildman–Crippen MR) is 95.1 cm³/mol. The van der Waals surface area contributed by atoms with Crippen LogP contribution in [0.2, 0.25) is 0 Å². The van der Waals surface area contributed by atoms with Crippen LogP contribution in [0.25, 0.3) is 11.1 Å². The van der Waals surface area contributed by atoms with Crippen molar-refractivity contribution in [2.45, 2.75) is 37.7 Å². The highest BCUT2D eigenvalue weighted by Gasteiger charge is 2.25. The second-order valence-corrected chi connectivity index (χ2v) is 8.37. The van der Waals surface area contributed by atoms with Crippen LogP contribution in [0.1, 0.15) is 48.0 Å². The Labute approximate surface area is 148 Å². The van der Waals surface area contributed by atoms with Crippen LogP contribution >= 0.6 is 0 Å². The molecule has 1 aliphatic rings. The lowest BCUT2D eigenvalue weighted by molar-refractivity contribution is 0.00637. The Balaban J connectivity index is 2.06. The van der Waals surface area contributed by atoms with E-state index in [9.17, 15) is 13.8 Å². The number of benzene rings is 1. The van der Waals surface area contributed by atoms with Crippen molar-refractivity contribution in [2.24, 2.45) is 0 Å². The number of ketones is 1. The fourth-order valence-corrected chi connectivity index (χ4v) is 3.90. The smallest absolute Gasteiger partial charge is 0.358 e. The molecule has 0 saturated heterocycles. The van der Waals surface area contributed by atoms with Gasteiger partial charge in [-0.2, -0.15) is 0 Å². The average Bonchev–Trinajstić information content (AvgIpc) is 2.56. The molecule has 0 spiro atoms. The second kappa shape index (κ2) is 6.52. The maximum absolute atomic E-state index is 12.5. The first-order chi connectivity index (χ1) is 11.8. The number of nitrogens with zero attached hydrogens (tertiary/aromatic N) is 1. The van der Waals surface area contributed by atoms with Gasteiger partial charge < -0.3 is 4.74 Å². The third-order valence-electron chi connectivity index (χ3n) is 3.75. The lowest BCUT2D eigenvalue weighted by Crippen LogP contribution is -2.25. The number of aromatic nitrogens is 1. The molecule has 130 valence electrons. The van der Waals surface area contributed by atoms with Gasteiger partial charge in [0.15, 0.2) is 11.5 Å². The van der Waals surface area contributed by atoms with Crippen molar-refractivity contribution in [1.29, 1.82) is 0 Å². The van der Waals surface area contributed by atoms with Crippen LogP contribution in [0.3, 0.4) is 0 Å². The van der Waals surface area contributed by atoms with Crippen LogP contribution in [-0.4, -0.2) is 32.3 Å². The van der Waals surface area contributed by atoms with Crippen molar-refractivity contribution in [3.05, 3.63) is 47.8 Å². The van der Waals surface area contributed by atoms with Crippen molar-refractivity contribution in [3.63, 3.8) is 0 Å². The number of Topliss-reactive ketones (excluding diaryl/α,β-unsaturated/α-hetero) is 1. The van der Waals surface area contributed by atoms with Gasteiger partial charge in [-0.15, -0.1) is 0 Å².